The monoisotopic (exact) mass is 335 g/mol. The van der Waals surface area contributed by atoms with E-state index in [0.29, 0.717) is 0 Å². The van der Waals surface area contributed by atoms with E-state index in [0.717, 1.165) is 17.7 Å². The minimum absolute atomic E-state index is 0.0181. The number of fused-ring (bicyclic) bond motifs is 1. The first-order chi connectivity index (χ1) is 10.6. The molecule has 2 aromatic carbocycles. The largest absolute Gasteiger partial charge is 0.349 e. The van der Waals surface area contributed by atoms with Gasteiger partial charge in [0.2, 0.25) is 5.91 Å². The summed E-state index contributed by atoms with van der Waals surface area (Å²) in [7, 11) is 0. The van der Waals surface area contributed by atoms with Crippen molar-refractivity contribution in [3.05, 3.63) is 64.4 Å². The summed E-state index contributed by atoms with van der Waals surface area (Å²) in [4.78, 5) is 13.4. The molecule has 5 heteroatoms. The van der Waals surface area contributed by atoms with Gasteiger partial charge in [-0.25, -0.2) is 4.39 Å². The van der Waals surface area contributed by atoms with Crippen LogP contribution in [0.3, 0.4) is 0 Å². The molecular formula is C17H15ClFNOS. The van der Waals surface area contributed by atoms with Gasteiger partial charge in [0.1, 0.15) is 5.82 Å². The normalized spacial score (nSPS) is 16.9. The molecule has 3 rings (SSSR count). The van der Waals surface area contributed by atoms with E-state index < -0.39 is 5.82 Å². The first-order valence-electron chi connectivity index (χ1n) is 7.09. The summed E-state index contributed by atoms with van der Waals surface area (Å²) in [5.74, 6) is 0.309. The van der Waals surface area contributed by atoms with Crippen molar-refractivity contribution in [1.82, 2.24) is 5.32 Å². The van der Waals surface area contributed by atoms with Crippen molar-refractivity contribution in [2.75, 3.05) is 5.75 Å². The summed E-state index contributed by atoms with van der Waals surface area (Å²) in [5, 5.41) is 3.29. The number of halogens is 2. The second kappa shape index (κ2) is 6.71. The number of hydrogen-bond donors (Lipinski definition) is 1. The Morgan fingerprint density at radius 1 is 1.27 bits per heavy atom. The minimum atomic E-state index is -0.442. The summed E-state index contributed by atoms with van der Waals surface area (Å²) in [6.07, 6.45) is 0.829. The van der Waals surface area contributed by atoms with Gasteiger partial charge < -0.3 is 5.32 Å². The van der Waals surface area contributed by atoms with E-state index in [9.17, 15) is 9.18 Å². The van der Waals surface area contributed by atoms with E-state index >= 15 is 0 Å². The molecule has 1 aliphatic rings. The Bertz CT molecular complexity index is 687. The summed E-state index contributed by atoms with van der Waals surface area (Å²) in [6.45, 7) is 0. The first-order valence-corrected chi connectivity index (χ1v) is 8.45. The Labute approximate surface area is 138 Å². The van der Waals surface area contributed by atoms with Gasteiger partial charge in [-0.05, 0) is 30.2 Å². The molecule has 114 valence electrons. The van der Waals surface area contributed by atoms with Gasteiger partial charge in [-0.2, -0.15) is 0 Å². The predicted octanol–water partition coefficient (Wildman–Crippen LogP) is 4.37. The molecule has 1 aliphatic heterocycles. The number of carbonyl (C=O) groups is 1. The number of amides is 1. The fraction of sp³-hybridized carbons (Fsp3) is 0.235. The number of rotatable bonds is 3. The van der Waals surface area contributed by atoms with Gasteiger partial charge in [0.15, 0.2) is 0 Å². The highest BCUT2D eigenvalue weighted by Gasteiger charge is 2.22. The Kier molecular flexibility index (Phi) is 4.69. The average Bonchev–Trinajstić information content (AvgIpc) is 2.51. The van der Waals surface area contributed by atoms with Gasteiger partial charge in [-0.15, -0.1) is 11.8 Å². The molecule has 0 bridgehead atoms. The zero-order chi connectivity index (χ0) is 15.5. The number of nitrogens with one attached hydrogen (secondary N) is 1. The smallest absolute Gasteiger partial charge is 0.225 e. The molecule has 0 spiro atoms. The number of thioether (sulfide) groups is 1. The number of benzene rings is 2. The van der Waals surface area contributed by atoms with Crippen LogP contribution >= 0.6 is 23.4 Å². The van der Waals surface area contributed by atoms with E-state index in [2.05, 4.69) is 11.4 Å². The molecule has 0 saturated heterocycles. The van der Waals surface area contributed by atoms with Crippen LogP contribution in [-0.2, 0) is 11.2 Å². The molecular weight excluding hydrogens is 321 g/mol. The van der Waals surface area contributed by atoms with Gasteiger partial charge in [0, 0.05) is 21.2 Å². The van der Waals surface area contributed by atoms with Crippen molar-refractivity contribution in [1.29, 1.82) is 0 Å². The van der Waals surface area contributed by atoms with E-state index in [1.807, 2.05) is 18.2 Å². The Morgan fingerprint density at radius 3 is 2.91 bits per heavy atom. The third-order valence-electron chi connectivity index (χ3n) is 3.69. The van der Waals surface area contributed by atoms with Gasteiger partial charge in [0.25, 0.3) is 0 Å². The maximum Gasteiger partial charge on any atom is 0.225 e. The maximum absolute atomic E-state index is 13.8. The van der Waals surface area contributed by atoms with Crippen LogP contribution in [0.25, 0.3) is 0 Å². The fourth-order valence-electron chi connectivity index (χ4n) is 2.60. The van der Waals surface area contributed by atoms with Gasteiger partial charge in [-0.1, -0.05) is 35.9 Å². The second-order valence-corrected chi connectivity index (χ2v) is 6.72. The molecule has 0 unspecified atom stereocenters. The van der Waals surface area contributed by atoms with Crippen molar-refractivity contribution in [3.8, 4) is 0 Å². The molecule has 1 heterocycles. The lowest BCUT2D eigenvalue weighted by Crippen LogP contribution is -2.32. The molecule has 22 heavy (non-hydrogen) atoms. The second-order valence-electron chi connectivity index (χ2n) is 5.17. The van der Waals surface area contributed by atoms with Crippen LogP contribution in [0.2, 0.25) is 5.02 Å². The van der Waals surface area contributed by atoms with Gasteiger partial charge in [0.05, 0.1) is 12.5 Å². The van der Waals surface area contributed by atoms with Gasteiger partial charge in [-0.3, -0.25) is 4.79 Å². The molecule has 0 radical (unpaired) electrons. The molecule has 0 saturated carbocycles. The molecule has 0 aliphatic carbocycles. The van der Waals surface area contributed by atoms with Crippen LogP contribution in [0.1, 0.15) is 23.6 Å². The summed E-state index contributed by atoms with van der Waals surface area (Å²) >= 11 is 7.77. The lowest BCUT2D eigenvalue weighted by atomic mass is 10.0. The summed E-state index contributed by atoms with van der Waals surface area (Å²) in [5.41, 5.74) is 1.38. The van der Waals surface area contributed by atoms with Crippen LogP contribution in [0.4, 0.5) is 4.39 Å². The Hall–Kier alpha value is -1.52. The van der Waals surface area contributed by atoms with Crippen molar-refractivity contribution >= 4 is 29.3 Å². The van der Waals surface area contributed by atoms with E-state index in [1.54, 1.807) is 17.8 Å². The maximum atomic E-state index is 13.8. The zero-order valence-corrected chi connectivity index (χ0v) is 13.4. The van der Waals surface area contributed by atoms with E-state index in [4.69, 9.17) is 11.6 Å². The Balaban J connectivity index is 1.73. The van der Waals surface area contributed by atoms with Crippen LogP contribution in [0.5, 0.6) is 0 Å². The van der Waals surface area contributed by atoms with Gasteiger partial charge >= 0.3 is 0 Å². The van der Waals surface area contributed by atoms with E-state index in [-0.39, 0.29) is 29.0 Å². The zero-order valence-electron chi connectivity index (χ0n) is 11.8. The molecule has 0 fully saturated rings. The summed E-state index contributed by atoms with van der Waals surface area (Å²) < 4.78 is 13.8. The highest BCUT2D eigenvalue weighted by atomic mass is 35.5. The molecule has 0 aromatic heterocycles. The topological polar surface area (TPSA) is 29.1 Å². The van der Waals surface area contributed by atoms with Crippen molar-refractivity contribution < 1.29 is 9.18 Å². The molecule has 1 amide bonds. The van der Waals surface area contributed by atoms with Crippen molar-refractivity contribution in [2.45, 2.75) is 23.8 Å². The van der Waals surface area contributed by atoms with E-state index in [1.165, 1.54) is 17.0 Å². The lowest BCUT2D eigenvalue weighted by molar-refractivity contribution is -0.121. The van der Waals surface area contributed by atoms with Crippen LogP contribution in [-0.4, -0.2) is 11.7 Å². The average molecular weight is 336 g/mol. The fourth-order valence-corrected chi connectivity index (χ4v) is 3.95. The number of carbonyl (C=O) groups excluding carboxylic acids is 1. The first kappa shape index (κ1) is 15.4. The molecule has 1 N–H and O–H groups in total. The number of hydrogen-bond acceptors (Lipinski definition) is 2. The molecule has 2 nitrogen and oxygen atoms in total. The SMILES string of the molecule is O=C(Cc1c(F)cccc1Cl)N[C@H]1CCSc2ccccc21. The van der Waals surface area contributed by atoms with Crippen LogP contribution < -0.4 is 5.32 Å². The van der Waals surface area contributed by atoms with Crippen molar-refractivity contribution in [3.63, 3.8) is 0 Å². The highest BCUT2D eigenvalue weighted by Crippen LogP contribution is 2.35. The van der Waals surface area contributed by atoms with Crippen LogP contribution in [0, 0.1) is 5.82 Å². The molecule has 1 atom stereocenters. The van der Waals surface area contributed by atoms with Crippen LogP contribution in [0.15, 0.2) is 47.4 Å². The third-order valence-corrected chi connectivity index (χ3v) is 5.17. The predicted molar refractivity (Wildman–Crippen MR) is 87.8 cm³/mol. The Morgan fingerprint density at radius 2 is 2.09 bits per heavy atom. The molecule has 2 aromatic rings. The minimum Gasteiger partial charge on any atom is -0.349 e. The lowest BCUT2D eigenvalue weighted by Gasteiger charge is -2.26. The quantitative estimate of drug-likeness (QED) is 0.902. The third kappa shape index (κ3) is 3.28. The highest BCUT2D eigenvalue weighted by molar-refractivity contribution is 7.99. The standard InChI is InChI=1S/C17H15ClFNOS/c18-13-5-3-6-14(19)12(13)10-17(21)20-15-8-9-22-16-7-2-1-4-11(15)16/h1-7,15H,8-10H2,(H,20,21)/t15-/m0/s1. The van der Waals surface area contributed by atoms with Crippen molar-refractivity contribution in [2.24, 2.45) is 0 Å². The summed E-state index contributed by atoms with van der Waals surface area (Å²) in [6, 6.07) is 12.5.